The van der Waals surface area contributed by atoms with Crippen LogP contribution in [0, 0.1) is 6.92 Å². The first kappa shape index (κ1) is 14.1. The summed E-state index contributed by atoms with van der Waals surface area (Å²) in [5.41, 5.74) is 1.05. The molecule has 0 aliphatic rings. The minimum Gasteiger partial charge on any atom is -0.381 e. The van der Waals surface area contributed by atoms with Gasteiger partial charge in [-0.25, -0.2) is 9.97 Å². The van der Waals surface area contributed by atoms with Crippen molar-refractivity contribution < 1.29 is 4.74 Å². The van der Waals surface area contributed by atoms with E-state index < -0.39 is 0 Å². The van der Waals surface area contributed by atoms with Gasteiger partial charge in [-0.1, -0.05) is 13.3 Å². The zero-order valence-corrected chi connectivity index (χ0v) is 10.9. The van der Waals surface area contributed by atoms with Crippen LogP contribution in [0.4, 0.5) is 0 Å². The number of ether oxygens (including phenoxy) is 1. The van der Waals surface area contributed by atoms with Gasteiger partial charge >= 0.3 is 0 Å². The molecule has 1 N–H and O–H groups in total. The van der Waals surface area contributed by atoms with Crippen molar-refractivity contribution in [2.45, 2.75) is 39.7 Å². The normalized spacial score (nSPS) is 10.7. The highest BCUT2D eigenvalue weighted by Crippen LogP contribution is 1.94. The van der Waals surface area contributed by atoms with Crippen molar-refractivity contribution in [1.82, 2.24) is 15.3 Å². The van der Waals surface area contributed by atoms with E-state index in [1.165, 1.54) is 6.42 Å². The number of aryl methyl sites for hydroxylation is 1. The van der Waals surface area contributed by atoms with Gasteiger partial charge in [-0.15, -0.1) is 0 Å². The number of nitrogens with one attached hydrogen (secondary N) is 1. The van der Waals surface area contributed by atoms with Crippen molar-refractivity contribution in [3.05, 3.63) is 23.8 Å². The molecule has 0 unspecified atom stereocenters. The number of rotatable bonds is 9. The van der Waals surface area contributed by atoms with Crippen LogP contribution in [-0.2, 0) is 11.3 Å². The highest BCUT2D eigenvalue weighted by atomic mass is 16.5. The molecular weight excluding hydrogens is 214 g/mol. The molecule has 0 radical (unpaired) electrons. The number of aromatic nitrogens is 2. The quantitative estimate of drug-likeness (QED) is 0.668. The second kappa shape index (κ2) is 9.07. The summed E-state index contributed by atoms with van der Waals surface area (Å²) in [6.45, 7) is 7.59. The van der Waals surface area contributed by atoms with Crippen LogP contribution in [0.3, 0.4) is 0 Å². The van der Waals surface area contributed by atoms with E-state index in [1.807, 2.05) is 13.0 Å². The lowest BCUT2D eigenvalue weighted by Gasteiger charge is -2.05. The molecule has 96 valence electrons. The zero-order valence-electron chi connectivity index (χ0n) is 10.9. The van der Waals surface area contributed by atoms with Gasteiger partial charge < -0.3 is 10.1 Å². The predicted octanol–water partition coefficient (Wildman–Crippen LogP) is 2.08. The van der Waals surface area contributed by atoms with E-state index in [0.29, 0.717) is 0 Å². The van der Waals surface area contributed by atoms with Crippen molar-refractivity contribution in [3.63, 3.8) is 0 Å². The average Bonchev–Trinajstić information content (AvgIpc) is 2.33. The highest BCUT2D eigenvalue weighted by molar-refractivity contribution is 5.00. The molecule has 0 spiro atoms. The van der Waals surface area contributed by atoms with Gasteiger partial charge in [-0.3, -0.25) is 0 Å². The van der Waals surface area contributed by atoms with Crippen LogP contribution in [0.5, 0.6) is 0 Å². The fraction of sp³-hybridized carbons (Fsp3) is 0.692. The van der Waals surface area contributed by atoms with E-state index in [1.54, 1.807) is 6.20 Å². The Morgan fingerprint density at radius 1 is 1.29 bits per heavy atom. The number of hydrogen-bond donors (Lipinski definition) is 1. The largest absolute Gasteiger partial charge is 0.381 e. The molecule has 0 atom stereocenters. The van der Waals surface area contributed by atoms with Gasteiger partial charge in [0.2, 0.25) is 0 Å². The first-order chi connectivity index (χ1) is 8.33. The number of unbranched alkanes of at least 4 members (excludes halogenated alkanes) is 1. The molecule has 1 aromatic rings. The Balaban J connectivity index is 1.97. The molecule has 0 aromatic carbocycles. The van der Waals surface area contributed by atoms with E-state index in [2.05, 4.69) is 22.2 Å². The molecule has 0 aliphatic carbocycles. The minimum atomic E-state index is 0.804. The second-order valence-electron chi connectivity index (χ2n) is 4.09. The predicted molar refractivity (Wildman–Crippen MR) is 68.8 cm³/mol. The standard InChI is InChI=1S/C13H23N3O/c1-3-4-9-17-10-5-7-14-11-13-6-8-15-12(2)16-13/h6,8,14H,3-5,7,9-11H2,1-2H3. The first-order valence-electron chi connectivity index (χ1n) is 6.40. The van der Waals surface area contributed by atoms with Crippen LogP contribution in [0.25, 0.3) is 0 Å². The maximum absolute atomic E-state index is 5.48. The fourth-order valence-electron chi connectivity index (χ4n) is 1.47. The maximum atomic E-state index is 5.48. The Morgan fingerprint density at radius 3 is 2.88 bits per heavy atom. The van der Waals surface area contributed by atoms with Crippen LogP contribution in [0.15, 0.2) is 12.3 Å². The molecule has 1 aromatic heterocycles. The minimum absolute atomic E-state index is 0.804. The third kappa shape index (κ3) is 7.02. The van der Waals surface area contributed by atoms with Gasteiger partial charge in [-0.05, 0) is 32.4 Å². The summed E-state index contributed by atoms with van der Waals surface area (Å²) in [4.78, 5) is 8.39. The zero-order chi connectivity index (χ0) is 12.3. The van der Waals surface area contributed by atoms with E-state index in [-0.39, 0.29) is 0 Å². The SMILES string of the molecule is CCCCOCCCNCc1ccnc(C)n1. The number of nitrogens with zero attached hydrogens (tertiary/aromatic N) is 2. The van der Waals surface area contributed by atoms with Gasteiger partial charge in [0.1, 0.15) is 5.82 Å². The van der Waals surface area contributed by atoms with E-state index >= 15 is 0 Å². The molecule has 0 saturated heterocycles. The van der Waals surface area contributed by atoms with E-state index in [0.717, 1.165) is 50.7 Å². The summed E-state index contributed by atoms with van der Waals surface area (Å²) >= 11 is 0. The molecule has 0 saturated carbocycles. The Bertz CT molecular complexity index is 304. The van der Waals surface area contributed by atoms with Crippen molar-refractivity contribution >= 4 is 0 Å². The summed E-state index contributed by atoms with van der Waals surface area (Å²) < 4.78 is 5.48. The summed E-state index contributed by atoms with van der Waals surface area (Å²) in [5.74, 6) is 0.826. The third-order valence-corrected chi connectivity index (χ3v) is 2.42. The molecule has 17 heavy (non-hydrogen) atoms. The first-order valence-corrected chi connectivity index (χ1v) is 6.40. The lowest BCUT2D eigenvalue weighted by Crippen LogP contribution is -2.17. The summed E-state index contributed by atoms with van der Waals surface area (Å²) in [6, 6.07) is 1.94. The monoisotopic (exact) mass is 237 g/mol. The molecule has 4 nitrogen and oxygen atoms in total. The molecule has 0 amide bonds. The molecule has 0 fully saturated rings. The van der Waals surface area contributed by atoms with Gasteiger partial charge in [0, 0.05) is 26.0 Å². The van der Waals surface area contributed by atoms with Crippen molar-refractivity contribution in [1.29, 1.82) is 0 Å². The van der Waals surface area contributed by atoms with Gasteiger partial charge in [0.25, 0.3) is 0 Å². The molecule has 0 bridgehead atoms. The van der Waals surface area contributed by atoms with E-state index in [4.69, 9.17) is 4.74 Å². The Hall–Kier alpha value is -1.00. The van der Waals surface area contributed by atoms with E-state index in [9.17, 15) is 0 Å². The molecule has 0 aliphatic heterocycles. The number of hydrogen-bond acceptors (Lipinski definition) is 4. The lowest BCUT2D eigenvalue weighted by atomic mass is 10.3. The van der Waals surface area contributed by atoms with Crippen molar-refractivity contribution in [2.24, 2.45) is 0 Å². The fourth-order valence-corrected chi connectivity index (χ4v) is 1.47. The molecule has 1 rings (SSSR count). The second-order valence-corrected chi connectivity index (χ2v) is 4.09. The topological polar surface area (TPSA) is 47.0 Å². The van der Waals surface area contributed by atoms with Crippen LogP contribution in [-0.4, -0.2) is 29.7 Å². The van der Waals surface area contributed by atoms with Gasteiger partial charge in [-0.2, -0.15) is 0 Å². The molecular formula is C13H23N3O. The van der Waals surface area contributed by atoms with Crippen LogP contribution in [0.1, 0.15) is 37.7 Å². The van der Waals surface area contributed by atoms with Crippen LogP contribution < -0.4 is 5.32 Å². The lowest BCUT2D eigenvalue weighted by molar-refractivity contribution is 0.128. The smallest absolute Gasteiger partial charge is 0.125 e. The highest BCUT2D eigenvalue weighted by Gasteiger charge is 1.95. The van der Waals surface area contributed by atoms with Crippen molar-refractivity contribution in [2.75, 3.05) is 19.8 Å². The molecule has 4 heteroatoms. The van der Waals surface area contributed by atoms with Gasteiger partial charge in [0.15, 0.2) is 0 Å². The Labute approximate surface area is 104 Å². The van der Waals surface area contributed by atoms with Gasteiger partial charge in [0.05, 0.1) is 5.69 Å². The summed E-state index contributed by atoms with van der Waals surface area (Å²) in [7, 11) is 0. The van der Waals surface area contributed by atoms with Crippen LogP contribution >= 0.6 is 0 Å². The van der Waals surface area contributed by atoms with Crippen molar-refractivity contribution in [3.8, 4) is 0 Å². The summed E-state index contributed by atoms with van der Waals surface area (Å²) in [6.07, 6.45) is 5.21. The molecule has 1 heterocycles. The average molecular weight is 237 g/mol. The Morgan fingerprint density at radius 2 is 2.12 bits per heavy atom. The third-order valence-electron chi connectivity index (χ3n) is 2.42. The summed E-state index contributed by atoms with van der Waals surface area (Å²) in [5, 5.41) is 3.35. The van der Waals surface area contributed by atoms with Crippen LogP contribution in [0.2, 0.25) is 0 Å². The Kier molecular flexibility index (Phi) is 7.51. The maximum Gasteiger partial charge on any atom is 0.125 e.